The van der Waals surface area contributed by atoms with Crippen molar-refractivity contribution in [3.05, 3.63) is 23.7 Å². The number of hydrogen-bond donors (Lipinski definition) is 0. The van der Waals surface area contributed by atoms with E-state index in [0.717, 1.165) is 19.1 Å². The molecule has 2 aromatic rings. The Morgan fingerprint density at radius 2 is 2.00 bits per heavy atom. The minimum atomic E-state index is -3.43. The second kappa shape index (κ2) is 6.46. The third kappa shape index (κ3) is 3.55. The van der Waals surface area contributed by atoms with Crippen LogP contribution in [0.3, 0.4) is 0 Å². The maximum absolute atomic E-state index is 11.9. The number of aromatic nitrogens is 4. The molecule has 0 aliphatic heterocycles. The zero-order valence-electron chi connectivity index (χ0n) is 14.1. The maximum Gasteiger partial charge on any atom is 0.229 e. The first kappa shape index (κ1) is 16.8. The summed E-state index contributed by atoms with van der Waals surface area (Å²) in [5.74, 6) is 2.40. The second-order valence-electron chi connectivity index (χ2n) is 6.26. The Labute approximate surface area is 141 Å². The molecule has 0 saturated heterocycles. The highest BCUT2D eigenvalue weighted by Gasteiger charge is 2.24. The molecule has 3 rings (SSSR count). The van der Waals surface area contributed by atoms with Crippen LogP contribution < -0.4 is 4.90 Å². The van der Waals surface area contributed by atoms with Crippen molar-refractivity contribution in [1.82, 2.24) is 20.1 Å². The molecule has 2 heterocycles. The van der Waals surface area contributed by atoms with E-state index in [1.165, 1.54) is 19.0 Å². The zero-order valence-corrected chi connectivity index (χ0v) is 14.9. The van der Waals surface area contributed by atoms with Gasteiger partial charge in [-0.25, -0.2) is 18.4 Å². The fraction of sp³-hybridized carbons (Fsp3) is 0.600. The van der Waals surface area contributed by atoms with Crippen LogP contribution in [0.15, 0.2) is 15.6 Å². The number of rotatable bonds is 5. The highest BCUT2D eigenvalue weighted by molar-refractivity contribution is 7.90. The number of anilines is 1. The molecule has 2 aromatic heterocycles. The van der Waals surface area contributed by atoms with Gasteiger partial charge in [0.1, 0.15) is 10.7 Å². The van der Waals surface area contributed by atoms with Gasteiger partial charge >= 0.3 is 0 Å². The lowest BCUT2D eigenvalue weighted by atomic mass is 10.1. The molecule has 0 bridgehead atoms. The van der Waals surface area contributed by atoms with E-state index >= 15 is 0 Å². The third-order valence-corrected chi connectivity index (χ3v) is 5.27. The summed E-state index contributed by atoms with van der Waals surface area (Å²) in [6, 6.07) is 0. The lowest BCUT2D eigenvalue weighted by molar-refractivity contribution is 0.350. The molecule has 0 radical (unpaired) electrons. The van der Waals surface area contributed by atoms with Crippen LogP contribution in [-0.4, -0.2) is 41.8 Å². The molecule has 0 amide bonds. The zero-order chi connectivity index (χ0) is 17.3. The van der Waals surface area contributed by atoms with Gasteiger partial charge in [-0.1, -0.05) is 18.0 Å². The monoisotopic (exact) mass is 351 g/mol. The summed E-state index contributed by atoms with van der Waals surface area (Å²) in [4.78, 5) is 14.5. The average molecular weight is 351 g/mol. The summed E-state index contributed by atoms with van der Waals surface area (Å²) in [6.07, 6.45) is 7.04. The van der Waals surface area contributed by atoms with Gasteiger partial charge in [0.15, 0.2) is 21.5 Å². The largest absolute Gasteiger partial charge is 0.351 e. The van der Waals surface area contributed by atoms with Crippen LogP contribution in [0.2, 0.25) is 0 Å². The van der Waals surface area contributed by atoms with Crippen LogP contribution in [0.5, 0.6) is 0 Å². The van der Waals surface area contributed by atoms with E-state index < -0.39 is 9.84 Å². The lowest BCUT2D eigenvalue weighted by Crippen LogP contribution is -2.22. The van der Waals surface area contributed by atoms with Crippen LogP contribution in [0.25, 0.3) is 0 Å². The van der Waals surface area contributed by atoms with Crippen LogP contribution in [0.1, 0.15) is 49.1 Å². The molecule has 1 aliphatic rings. The van der Waals surface area contributed by atoms with Gasteiger partial charge in [0.05, 0.1) is 12.7 Å². The fourth-order valence-electron chi connectivity index (χ4n) is 2.94. The van der Waals surface area contributed by atoms with Gasteiger partial charge in [-0.2, -0.15) is 4.98 Å². The lowest BCUT2D eigenvalue weighted by Gasteiger charge is -2.18. The van der Waals surface area contributed by atoms with Crippen molar-refractivity contribution >= 4 is 15.7 Å². The van der Waals surface area contributed by atoms with E-state index in [4.69, 9.17) is 4.52 Å². The number of nitrogens with zero attached hydrogens (tertiary/aromatic N) is 5. The van der Waals surface area contributed by atoms with E-state index in [1.807, 2.05) is 0 Å². The molecule has 9 heteroatoms. The van der Waals surface area contributed by atoms with Crippen LogP contribution in [-0.2, 0) is 16.4 Å². The predicted molar refractivity (Wildman–Crippen MR) is 87.5 cm³/mol. The maximum atomic E-state index is 11.9. The Hall–Kier alpha value is -2.03. The Morgan fingerprint density at radius 1 is 1.29 bits per heavy atom. The quantitative estimate of drug-likeness (QED) is 0.804. The summed E-state index contributed by atoms with van der Waals surface area (Å²) < 4.78 is 29.3. The number of aryl methyl sites for hydroxylation is 1. The molecule has 1 aliphatic carbocycles. The van der Waals surface area contributed by atoms with E-state index in [1.54, 1.807) is 18.9 Å². The van der Waals surface area contributed by atoms with Gasteiger partial charge in [-0.05, 0) is 19.8 Å². The van der Waals surface area contributed by atoms with Crippen molar-refractivity contribution < 1.29 is 12.9 Å². The van der Waals surface area contributed by atoms with Crippen molar-refractivity contribution in [2.45, 2.75) is 50.0 Å². The molecule has 24 heavy (non-hydrogen) atoms. The molecule has 0 spiro atoms. The van der Waals surface area contributed by atoms with Crippen molar-refractivity contribution in [2.24, 2.45) is 0 Å². The average Bonchev–Trinajstić information content (AvgIpc) is 3.16. The van der Waals surface area contributed by atoms with Gasteiger partial charge < -0.3 is 9.42 Å². The summed E-state index contributed by atoms with van der Waals surface area (Å²) in [5, 5.41) is 4.02. The fourth-order valence-corrected chi connectivity index (χ4v) is 3.72. The molecule has 130 valence electrons. The second-order valence-corrected chi connectivity index (χ2v) is 8.25. The van der Waals surface area contributed by atoms with Crippen molar-refractivity contribution in [2.75, 3.05) is 18.2 Å². The minimum Gasteiger partial charge on any atom is -0.351 e. The molecular formula is C15H21N5O3S. The standard InChI is InChI=1S/C15H21N5O3S/c1-10-16-8-12(24(3,21)22)14(17-10)20(2)9-13-18-15(23-19-13)11-6-4-5-7-11/h8,11H,4-7,9H2,1-3H3. The first-order valence-corrected chi connectivity index (χ1v) is 9.81. The summed E-state index contributed by atoms with van der Waals surface area (Å²) in [7, 11) is -1.67. The Kier molecular flexibility index (Phi) is 4.53. The summed E-state index contributed by atoms with van der Waals surface area (Å²) in [6.45, 7) is 2.03. The molecule has 0 aromatic carbocycles. The van der Waals surface area contributed by atoms with Gasteiger partial charge in [-0.15, -0.1) is 0 Å². The Morgan fingerprint density at radius 3 is 2.67 bits per heavy atom. The topological polar surface area (TPSA) is 102 Å². The first-order valence-electron chi connectivity index (χ1n) is 7.92. The predicted octanol–water partition coefficient (Wildman–Crippen LogP) is 1.87. The molecule has 0 unspecified atom stereocenters. The molecule has 1 saturated carbocycles. The van der Waals surface area contributed by atoms with E-state index in [9.17, 15) is 8.42 Å². The summed E-state index contributed by atoms with van der Waals surface area (Å²) in [5.41, 5.74) is 0. The van der Waals surface area contributed by atoms with Gasteiger partial charge in [-0.3, -0.25) is 0 Å². The van der Waals surface area contributed by atoms with Crippen molar-refractivity contribution in [1.29, 1.82) is 0 Å². The van der Waals surface area contributed by atoms with Crippen LogP contribution in [0, 0.1) is 6.92 Å². The van der Waals surface area contributed by atoms with E-state index in [0.29, 0.717) is 35.8 Å². The van der Waals surface area contributed by atoms with Gasteiger partial charge in [0, 0.05) is 19.2 Å². The van der Waals surface area contributed by atoms with Crippen LogP contribution in [0.4, 0.5) is 5.82 Å². The van der Waals surface area contributed by atoms with Gasteiger partial charge in [0.2, 0.25) is 5.89 Å². The molecule has 0 N–H and O–H groups in total. The number of hydrogen-bond acceptors (Lipinski definition) is 8. The minimum absolute atomic E-state index is 0.0927. The van der Waals surface area contributed by atoms with Crippen molar-refractivity contribution in [3.8, 4) is 0 Å². The highest BCUT2D eigenvalue weighted by Crippen LogP contribution is 2.33. The number of sulfone groups is 1. The SMILES string of the molecule is Cc1ncc(S(C)(=O)=O)c(N(C)Cc2noc(C3CCCC3)n2)n1. The highest BCUT2D eigenvalue weighted by atomic mass is 32.2. The van der Waals surface area contributed by atoms with Crippen molar-refractivity contribution in [3.63, 3.8) is 0 Å². The van der Waals surface area contributed by atoms with E-state index in [2.05, 4.69) is 20.1 Å². The molecule has 0 atom stereocenters. The molecular weight excluding hydrogens is 330 g/mol. The van der Waals surface area contributed by atoms with Crippen LogP contribution >= 0.6 is 0 Å². The first-order chi connectivity index (χ1) is 11.3. The van der Waals surface area contributed by atoms with E-state index in [-0.39, 0.29) is 4.90 Å². The molecule has 8 nitrogen and oxygen atoms in total. The smallest absolute Gasteiger partial charge is 0.229 e. The third-order valence-electron chi connectivity index (χ3n) is 4.18. The Bertz CT molecular complexity index is 827. The normalized spacial score (nSPS) is 15.8. The summed E-state index contributed by atoms with van der Waals surface area (Å²) >= 11 is 0. The molecule has 1 fully saturated rings. The Balaban J connectivity index is 1.82. The van der Waals surface area contributed by atoms with Gasteiger partial charge in [0.25, 0.3) is 0 Å².